The van der Waals surface area contributed by atoms with E-state index < -0.39 is 5.82 Å². The normalized spacial score (nSPS) is 10.9. The Bertz CT molecular complexity index is 992. The molecule has 0 amide bonds. The highest BCUT2D eigenvalue weighted by molar-refractivity contribution is 6.33. The molecule has 0 aliphatic heterocycles. The standard InChI is InChI=1S/C21H19Cl2FN2O2/c1-12-8-19(27)14(11-16(12)23)18-9-13(10-20(26-18)25-6-7-28-2)21-15(22)4-3-5-17(21)24/h3-5,8-11,27H,6-7H2,1-2H3,(H,25,26). The Morgan fingerprint density at radius 2 is 1.93 bits per heavy atom. The summed E-state index contributed by atoms with van der Waals surface area (Å²) in [6, 6.07) is 11.1. The molecule has 3 aromatic rings. The van der Waals surface area contributed by atoms with Gasteiger partial charge < -0.3 is 15.2 Å². The van der Waals surface area contributed by atoms with E-state index in [4.69, 9.17) is 27.9 Å². The third kappa shape index (κ3) is 4.38. The predicted octanol–water partition coefficient (Wildman–Crippen LogP) is 5.93. The van der Waals surface area contributed by atoms with Crippen LogP contribution < -0.4 is 5.32 Å². The Kier molecular flexibility index (Phi) is 6.39. The maximum Gasteiger partial charge on any atom is 0.132 e. The average Bonchev–Trinajstić information content (AvgIpc) is 2.65. The highest BCUT2D eigenvalue weighted by Crippen LogP contribution is 2.38. The van der Waals surface area contributed by atoms with Crippen molar-refractivity contribution in [3.8, 4) is 28.1 Å². The molecule has 1 aromatic heterocycles. The van der Waals surface area contributed by atoms with Crippen LogP contribution in [-0.2, 0) is 4.74 Å². The molecule has 0 saturated carbocycles. The maximum absolute atomic E-state index is 14.5. The third-order valence-corrected chi connectivity index (χ3v) is 4.96. The van der Waals surface area contributed by atoms with Crippen molar-refractivity contribution >= 4 is 29.0 Å². The first-order valence-corrected chi connectivity index (χ1v) is 9.35. The fourth-order valence-electron chi connectivity index (χ4n) is 2.83. The van der Waals surface area contributed by atoms with Gasteiger partial charge in [0.1, 0.15) is 17.4 Å². The molecule has 2 N–H and O–H groups in total. The van der Waals surface area contributed by atoms with Crippen LogP contribution in [0, 0.1) is 12.7 Å². The molecule has 0 fully saturated rings. The van der Waals surface area contributed by atoms with Crippen LogP contribution in [0.1, 0.15) is 5.56 Å². The molecule has 1 heterocycles. The Hall–Kier alpha value is -2.34. The monoisotopic (exact) mass is 420 g/mol. The van der Waals surface area contributed by atoms with Crippen LogP contribution in [0.3, 0.4) is 0 Å². The van der Waals surface area contributed by atoms with Gasteiger partial charge in [0.25, 0.3) is 0 Å². The minimum atomic E-state index is -0.446. The quantitative estimate of drug-likeness (QED) is 0.484. The number of hydrogen-bond donors (Lipinski definition) is 2. The Labute approximate surface area is 172 Å². The van der Waals surface area contributed by atoms with Gasteiger partial charge in [0.2, 0.25) is 0 Å². The zero-order valence-electron chi connectivity index (χ0n) is 15.4. The van der Waals surface area contributed by atoms with Gasteiger partial charge in [-0.05, 0) is 54.4 Å². The predicted molar refractivity (Wildman–Crippen MR) is 112 cm³/mol. The number of anilines is 1. The number of benzene rings is 2. The van der Waals surface area contributed by atoms with E-state index in [1.807, 2.05) is 0 Å². The van der Waals surface area contributed by atoms with Crippen molar-refractivity contribution < 1.29 is 14.2 Å². The first-order valence-electron chi connectivity index (χ1n) is 8.59. The smallest absolute Gasteiger partial charge is 0.132 e. The topological polar surface area (TPSA) is 54.4 Å². The summed E-state index contributed by atoms with van der Waals surface area (Å²) in [7, 11) is 1.60. The summed E-state index contributed by atoms with van der Waals surface area (Å²) < 4.78 is 19.5. The van der Waals surface area contributed by atoms with Crippen LogP contribution in [0.4, 0.5) is 10.2 Å². The summed E-state index contributed by atoms with van der Waals surface area (Å²) in [6.45, 7) is 2.79. The maximum atomic E-state index is 14.5. The number of aryl methyl sites for hydroxylation is 1. The van der Waals surface area contributed by atoms with Crippen molar-refractivity contribution in [2.45, 2.75) is 6.92 Å². The van der Waals surface area contributed by atoms with Crippen molar-refractivity contribution in [1.82, 2.24) is 4.98 Å². The van der Waals surface area contributed by atoms with Crippen LogP contribution in [0.5, 0.6) is 5.75 Å². The summed E-state index contributed by atoms with van der Waals surface area (Å²) in [5, 5.41) is 14.3. The highest BCUT2D eigenvalue weighted by Gasteiger charge is 2.16. The lowest BCUT2D eigenvalue weighted by Gasteiger charge is -2.14. The van der Waals surface area contributed by atoms with E-state index >= 15 is 0 Å². The number of halogens is 3. The minimum absolute atomic E-state index is 0.0361. The number of nitrogens with zero attached hydrogens (tertiary/aromatic N) is 1. The van der Waals surface area contributed by atoms with Gasteiger partial charge in [-0.1, -0.05) is 29.3 Å². The van der Waals surface area contributed by atoms with Crippen molar-refractivity contribution in [2.24, 2.45) is 0 Å². The molecule has 2 aromatic carbocycles. The lowest BCUT2D eigenvalue weighted by molar-refractivity contribution is 0.210. The number of nitrogens with one attached hydrogen (secondary N) is 1. The molecular weight excluding hydrogens is 402 g/mol. The molecule has 0 atom stereocenters. The molecule has 0 spiro atoms. The zero-order chi connectivity index (χ0) is 20.3. The second kappa shape index (κ2) is 8.78. The van der Waals surface area contributed by atoms with E-state index in [0.717, 1.165) is 5.56 Å². The Morgan fingerprint density at radius 3 is 2.64 bits per heavy atom. The van der Waals surface area contributed by atoms with Crippen molar-refractivity contribution in [3.63, 3.8) is 0 Å². The Balaban J connectivity index is 2.17. The summed E-state index contributed by atoms with van der Waals surface area (Å²) in [4.78, 5) is 4.54. The molecule has 0 aliphatic carbocycles. The molecule has 0 unspecified atom stereocenters. The number of methoxy groups -OCH3 is 1. The molecule has 146 valence electrons. The number of ether oxygens (including phenoxy) is 1. The number of aromatic nitrogens is 1. The molecule has 0 bridgehead atoms. The number of phenolic OH excluding ortho intramolecular Hbond substituents is 1. The summed E-state index contributed by atoms with van der Waals surface area (Å²) in [5.74, 6) is 0.0904. The number of pyridine rings is 1. The second-order valence-electron chi connectivity index (χ2n) is 6.26. The molecule has 3 rings (SSSR count). The van der Waals surface area contributed by atoms with Crippen LogP contribution in [0.2, 0.25) is 10.0 Å². The molecular formula is C21H19Cl2FN2O2. The summed E-state index contributed by atoms with van der Waals surface area (Å²) in [5.41, 5.74) is 2.43. The summed E-state index contributed by atoms with van der Waals surface area (Å²) >= 11 is 12.5. The van der Waals surface area contributed by atoms with Crippen LogP contribution in [0.25, 0.3) is 22.4 Å². The Morgan fingerprint density at radius 1 is 1.14 bits per heavy atom. The van der Waals surface area contributed by atoms with Gasteiger partial charge in [0.15, 0.2) is 0 Å². The van der Waals surface area contributed by atoms with Gasteiger partial charge in [-0.3, -0.25) is 0 Å². The van der Waals surface area contributed by atoms with Crippen LogP contribution in [-0.4, -0.2) is 30.4 Å². The summed E-state index contributed by atoms with van der Waals surface area (Å²) in [6.07, 6.45) is 0. The molecule has 0 saturated heterocycles. The number of phenols is 1. The third-order valence-electron chi connectivity index (χ3n) is 4.24. The molecule has 0 radical (unpaired) electrons. The molecule has 4 nitrogen and oxygen atoms in total. The fraction of sp³-hybridized carbons (Fsp3) is 0.190. The fourth-order valence-corrected chi connectivity index (χ4v) is 3.27. The van der Waals surface area contributed by atoms with E-state index in [1.54, 1.807) is 50.4 Å². The minimum Gasteiger partial charge on any atom is -0.507 e. The highest BCUT2D eigenvalue weighted by atomic mass is 35.5. The van der Waals surface area contributed by atoms with Crippen LogP contribution >= 0.6 is 23.2 Å². The van der Waals surface area contributed by atoms with Crippen molar-refractivity contribution in [2.75, 3.05) is 25.6 Å². The van der Waals surface area contributed by atoms with Gasteiger partial charge in [0, 0.05) is 29.8 Å². The number of rotatable bonds is 6. The van der Waals surface area contributed by atoms with Gasteiger partial charge in [-0.15, -0.1) is 0 Å². The first kappa shape index (κ1) is 20.4. The van der Waals surface area contributed by atoms with Crippen molar-refractivity contribution in [3.05, 3.63) is 63.9 Å². The SMILES string of the molecule is COCCNc1cc(-c2c(F)cccc2Cl)cc(-c2cc(Cl)c(C)cc2O)n1. The van der Waals surface area contributed by atoms with Gasteiger partial charge in [-0.2, -0.15) is 0 Å². The van der Waals surface area contributed by atoms with Gasteiger partial charge >= 0.3 is 0 Å². The average molecular weight is 421 g/mol. The van der Waals surface area contributed by atoms with E-state index in [0.29, 0.717) is 40.8 Å². The lowest BCUT2D eigenvalue weighted by atomic mass is 10.0. The number of hydrogen-bond acceptors (Lipinski definition) is 4. The largest absolute Gasteiger partial charge is 0.507 e. The molecule has 28 heavy (non-hydrogen) atoms. The number of aromatic hydroxyl groups is 1. The lowest BCUT2D eigenvalue weighted by Crippen LogP contribution is -2.09. The van der Waals surface area contributed by atoms with E-state index in [1.165, 1.54) is 6.07 Å². The molecule has 7 heteroatoms. The zero-order valence-corrected chi connectivity index (χ0v) is 16.9. The van der Waals surface area contributed by atoms with Crippen molar-refractivity contribution in [1.29, 1.82) is 0 Å². The first-order chi connectivity index (χ1) is 13.4. The molecule has 0 aliphatic rings. The van der Waals surface area contributed by atoms with Crippen LogP contribution in [0.15, 0.2) is 42.5 Å². The second-order valence-corrected chi connectivity index (χ2v) is 7.08. The van der Waals surface area contributed by atoms with E-state index in [9.17, 15) is 9.50 Å². The van der Waals surface area contributed by atoms with E-state index in [-0.39, 0.29) is 16.3 Å². The van der Waals surface area contributed by atoms with Gasteiger partial charge in [0.05, 0.1) is 17.3 Å². The van der Waals surface area contributed by atoms with E-state index in [2.05, 4.69) is 10.3 Å². The van der Waals surface area contributed by atoms with Gasteiger partial charge in [-0.25, -0.2) is 9.37 Å².